The molecule has 0 unspecified atom stereocenters. The summed E-state index contributed by atoms with van der Waals surface area (Å²) in [5.41, 5.74) is 4.48. The molecule has 2 aliphatic rings. The van der Waals surface area contributed by atoms with Gasteiger partial charge < -0.3 is 20.1 Å². The lowest BCUT2D eigenvalue weighted by Crippen LogP contribution is -2.34. The summed E-state index contributed by atoms with van der Waals surface area (Å²) in [6.07, 6.45) is 1.77. The number of fused-ring (bicyclic) bond motifs is 2. The summed E-state index contributed by atoms with van der Waals surface area (Å²) >= 11 is 0. The molecule has 2 amide bonds. The molecule has 2 aromatic rings. The zero-order valence-electron chi connectivity index (χ0n) is 13.4. The summed E-state index contributed by atoms with van der Waals surface area (Å²) < 4.78 is 11.5. The third-order valence-electron chi connectivity index (χ3n) is 4.48. The number of amides is 2. The quantitative estimate of drug-likeness (QED) is 0.909. The lowest BCUT2D eigenvalue weighted by molar-refractivity contribution is 0.240. The van der Waals surface area contributed by atoms with Crippen molar-refractivity contribution < 1.29 is 14.3 Å². The lowest BCUT2D eigenvalue weighted by Gasteiger charge is -2.14. The van der Waals surface area contributed by atoms with Gasteiger partial charge >= 0.3 is 6.03 Å². The van der Waals surface area contributed by atoms with Gasteiger partial charge in [0.05, 0.1) is 13.2 Å². The Morgan fingerprint density at radius 1 is 1.00 bits per heavy atom. The maximum Gasteiger partial charge on any atom is 0.315 e. The number of carbonyl (C=O) groups excluding carboxylic acids is 1. The maximum absolute atomic E-state index is 12.1. The van der Waals surface area contributed by atoms with Crippen molar-refractivity contribution in [2.75, 3.05) is 13.2 Å². The summed E-state index contributed by atoms with van der Waals surface area (Å²) in [7, 11) is 0. The van der Waals surface area contributed by atoms with Crippen LogP contribution >= 0.6 is 0 Å². The molecule has 2 aliphatic heterocycles. The maximum atomic E-state index is 12.1. The molecular weight excluding hydrogens is 304 g/mol. The van der Waals surface area contributed by atoms with E-state index in [1.54, 1.807) is 0 Å². The Bertz CT molecular complexity index is 727. The SMILES string of the molecule is O=C(NCc1ccccc1)NCc1c2c(cc3c1OCC3)OCC2. The summed E-state index contributed by atoms with van der Waals surface area (Å²) in [5.74, 6) is 1.88. The average Bonchev–Trinajstić information content (AvgIpc) is 3.26. The third-order valence-corrected chi connectivity index (χ3v) is 4.48. The molecule has 2 aromatic carbocycles. The minimum absolute atomic E-state index is 0.179. The molecule has 24 heavy (non-hydrogen) atoms. The summed E-state index contributed by atoms with van der Waals surface area (Å²) in [6, 6.07) is 11.8. The van der Waals surface area contributed by atoms with E-state index in [9.17, 15) is 4.79 Å². The zero-order valence-corrected chi connectivity index (χ0v) is 13.4. The predicted molar refractivity (Wildman–Crippen MR) is 90.4 cm³/mol. The fraction of sp³-hybridized carbons (Fsp3) is 0.316. The van der Waals surface area contributed by atoms with Crippen LogP contribution in [0.3, 0.4) is 0 Å². The molecule has 2 N–H and O–H groups in total. The fourth-order valence-corrected chi connectivity index (χ4v) is 3.28. The van der Waals surface area contributed by atoms with Gasteiger partial charge in [-0.15, -0.1) is 0 Å². The van der Waals surface area contributed by atoms with Gasteiger partial charge in [0.15, 0.2) is 0 Å². The molecule has 0 fully saturated rings. The Balaban J connectivity index is 1.42. The molecule has 0 radical (unpaired) electrons. The number of carbonyl (C=O) groups is 1. The van der Waals surface area contributed by atoms with Gasteiger partial charge in [0.25, 0.3) is 0 Å². The molecule has 4 rings (SSSR count). The minimum atomic E-state index is -0.179. The second-order valence-corrected chi connectivity index (χ2v) is 6.04. The van der Waals surface area contributed by atoms with Gasteiger partial charge in [0, 0.05) is 42.6 Å². The molecule has 5 heteroatoms. The van der Waals surface area contributed by atoms with Crippen LogP contribution in [0.4, 0.5) is 4.79 Å². The topological polar surface area (TPSA) is 59.6 Å². The van der Waals surface area contributed by atoms with Gasteiger partial charge in [-0.1, -0.05) is 30.3 Å². The van der Waals surface area contributed by atoms with Gasteiger partial charge in [0.2, 0.25) is 0 Å². The van der Waals surface area contributed by atoms with Crippen LogP contribution in [0.15, 0.2) is 36.4 Å². The molecule has 0 spiro atoms. The average molecular weight is 324 g/mol. The van der Waals surface area contributed by atoms with E-state index in [-0.39, 0.29) is 6.03 Å². The van der Waals surface area contributed by atoms with Crippen LogP contribution in [0, 0.1) is 0 Å². The highest BCUT2D eigenvalue weighted by molar-refractivity contribution is 5.74. The smallest absolute Gasteiger partial charge is 0.315 e. The summed E-state index contributed by atoms with van der Waals surface area (Å²) in [4.78, 5) is 12.1. The molecular formula is C19H20N2O3. The first-order valence-corrected chi connectivity index (χ1v) is 8.30. The van der Waals surface area contributed by atoms with Crippen LogP contribution in [0.5, 0.6) is 11.5 Å². The second-order valence-electron chi connectivity index (χ2n) is 6.04. The molecule has 0 atom stereocenters. The zero-order chi connectivity index (χ0) is 16.4. The van der Waals surface area contributed by atoms with E-state index in [2.05, 4.69) is 16.7 Å². The van der Waals surface area contributed by atoms with Crippen LogP contribution in [-0.2, 0) is 25.9 Å². The van der Waals surface area contributed by atoms with Crippen LogP contribution in [0.1, 0.15) is 22.3 Å². The van der Waals surface area contributed by atoms with E-state index < -0.39 is 0 Å². The highest BCUT2D eigenvalue weighted by Gasteiger charge is 2.26. The van der Waals surface area contributed by atoms with Gasteiger partial charge in [-0.2, -0.15) is 0 Å². The molecule has 0 saturated heterocycles. The van der Waals surface area contributed by atoms with Crippen LogP contribution in [0.2, 0.25) is 0 Å². The van der Waals surface area contributed by atoms with Crippen molar-refractivity contribution in [1.82, 2.24) is 10.6 Å². The monoisotopic (exact) mass is 324 g/mol. The summed E-state index contributed by atoms with van der Waals surface area (Å²) in [5, 5.41) is 5.83. The van der Waals surface area contributed by atoms with Crippen molar-refractivity contribution in [3.05, 3.63) is 58.7 Å². The Kier molecular flexibility index (Phi) is 3.99. The summed E-state index contributed by atoms with van der Waals surface area (Å²) in [6.45, 7) is 2.36. The first kappa shape index (κ1) is 14.9. The Morgan fingerprint density at radius 2 is 1.79 bits per heavy atom. The predicted octanol–water partition coefficient (Wildman–Crippen LogP) is 2.56. The van der Waals surface area contributed by atoms with Crippen molar-refractivity contribution in [2.24, 2.45) is 0 Å². The number of urea groups is 1. The number of nitrogens with one attached hydrogen (secondary N) is 2. The molecule has 0 aliphatic carbocycles. The molecule has 0 saturated carbocycles. The Labute approximate surface area is 141 Å². The van der Waals surface area contributed by atoms with Crippen LogP contribution in [0.25, 0.3) is 0 Å². The van der Waals surface area contributed by atoms with E-state index in [1.807, 2.05) is 30.3 Å². The normalized spacial score (nSPS) is 14.3. The molecule has 5 nitrogen and oxygen atoms in total. The van der Waals surface area contributed by atoms with Crippen molar-refractivity contribution in [3.8, 4) is 11.5 Å². The van der Waals surface area contributed by atoms with Gasteiger partial charge in [-0.05, 0) is 11.6 Å². The number of ether oxygens (including phenoxy) is 2. The van der Waals surface area contributed by atoms with Crippen molar-refractivity contribution >= 4 is 6.03 Å². The molecule has 0 bridgehead atoms. The van der Waals surface area contributed by atoms with E-state index in [0.717, 1.165) is 35.5 Å². The van der Waals surface area contributed by atoms with E-state index in [1.165, 1.54) is 11.1 Å². The third kappa shape index (κ3) is 2.89. The van der Waals surface area contributed by atoms with Crippen molar-refractivity contribution in [1.29, 1.82) is 0 Å². The first-order chi connectivity index (χ1) is 11.8. The Hall–Kier alpha value is -2.69. The fourth-order valence-electron chi connectivity index (χ4n) is 3.28. The molecule has 124 valence electrons. The van der Waals surface area contributed by atoms with Crippen LogP contribution < -0.4 is 20.1 Å². The molecule has 0 aromatic heterocycles. The van der Waals surface area contributed by atoms with Gasteiger partial charge in [0.1, 0.15) is 11.5 Å². The largest absolute Gasteiger partial charge is 0.493 e. The minimum Gasteiger partial charge on any atom is -0.493 e. The number of benzene rings is 2. The standard InChI is InChI=1S/C19H20N2O3/c22-19(20-11-13-4-2-1-3-5-13)21-12-16-15-7-9-23-17(15)10-14-6-8-24-18(14)16/h1-5,10H,6-9,11-12H2,(H2,20,21,22). The first-order valence-electron chi connectivity index (χ1n) is 8.30. The van der Waals surface area contributed by atoms with Crippen LogP contribution in [-0.4, -0.2) is 19.2 Å². The number of hydrogen-bond acceptors (Lipinski definition) is 3. The highest BCUT2D eigenvalue weighted by Crippen LogP contribution is 2.40. The number of hydrogen-bond donors (Lipinski definition) is 2. The van der Waals surface area contributed by atoms with E-state index >= 15 is 0 Å². The van der Waals surface area contributed by atoms with Gasteiger partial charge in [-0.25, -0.2) is 4.79 Å². The second kappa shape index (κ2) is 6.43. The van der Waals surface area contributed by atoms with E-state index in [4.69, 9.17) is 9.47 Å². The Morgan fingerprint density at radius 3 is 2.67 bits per heavy atom. The van der Waals surface area contributed by atoms with Crippen molar-refractivity contribution in [2.45, 2.75) is 25.9 Å². The van der Waals surface area contributed by atoms with Gasteiger partial charge in [-0.3, -0.25) is 0 Å². The van der Waals surface area contributed by atoms with E-state index in [0.29, 0.717) is 26.3 Å². The molecule has 2 heterocycles. The van der Waals surface area contributed by atoms with Crippen molar-refractivity contribution in [3.63, 3.8) is 0 Å². The highest BCUT2D eigenvalue weighted by atomic mass is 16.5. The number of rotatable bonds is 4. The lowest BCUT2D eigenvalue weighted by atomic mass is 9.99.